The Hall–Kier alpha value is -1.82. The molecule has 1 aliphatic rings. The fourth-order valence-corrected chi connectivity index (χ4v) is 3.87. The Morgan fingerprint density at radius 3 is 2.50 bits per heavy atom. The summed E-state index contributed by atoms with van der Waals surface area (Å²) in [5.74, 6) is 0.128. The van der Waals surface area contributed by atoms with Gasteiger partial charge in [-0.3, -0.25) is 9.69 Å². The molecule has 0 radical (unpaired) electrons. The first-order valence-corrected chi connectivity index (χ1v) is 9.95. The lowest BCUT2D eigenvalue weighted by atomic mass is 10.1. The van der Waals surface area contributed by atoms with E-state index in [0.29, 0.717) is 22.3 Å². The first-order valence-electron chi connectivity index (χ1n) is 9.19. The number of hydrogen-bond acceptors (Lipinski definition) is 3. The maximum absolute atomic E-state index is 13.1. The molecular formula is C21H23Cl2FN2O2. The van der Waals surface area contributed by atoms with Gasteiger partial charge in [-0.15, -0.1) is 0 Å². The molecule has 0 aliphatic carbocycles. The molecule has 0 bridgehead atoms. The molecule has 2 aromatic rings. The van der Waals surface area contributed by atoms with Crippen LogP contribution < -0.4 is 4.74 Å². The van der Waals surface area contributed by atoms with E-state index in [1.54, 1.807) is 30.3 Å². The van der Waals surface area contributed by atoms with Gasteiger partial charge in [0.1, 0.15) is 11.6 Å². The van der Waals surface area contributed by atoms with Crippen molar-refractivity contribution in [3.63, 3.8) is 0 Å². The summed E-state index contributed by atoms with van der Waals surface area (Å²) >= 11 is 12.0. The Balaban J connectivity index is 1.57. The number of amides is 1. The number of ether oxygens (including phenoxy) is 1. The fourth-order valence-electron chi connectivity index (χ4n) is 3.40. The van der Waals surface area contributed by atoms with Crippen LogP contribution in [0.3, 0.4) is 0 Å². The Morgan fingerprint density at radius 1 is 1.11 bits per heavy atom. The number of piperazine rings is 1. The van der Waals surface area contributed by atoms with Gasteiger partial charge < -0.3 is 9.64 Å². The van der Waals surface area contributed by atoms with E-state index in [-0.39, 0.29) is 30.4 Å². The first kappa shape index (κ1) is 20.9. The van der Waals surface area contributed by atoms with E-state index in [9.17, 15) is 9.18 Å². The van der Waals surface area contributed by atoms with Crippen molar-refractivity contribution in [1.82, 2.24) is 9.80 Å². The smallest absolute Gasteiger partial charge is 0.260 e. The highest BCUT2D eigenvalue weighted by Crippen LogP contribution is 2.27. The summed E-state index contributed by atoms with van der Waals surface area (Å²) in [4.78, 5) is 16.8. The molecular weight excluding hydrogens is 402 g/mol. The third-order valence-electron chi connectivity index (χ3n) is 4.98. The van der Waals surface area contributed by atoms with Gasteiger partial charge in [0.2, 0.25) is 0 Å². The largest absolute Gasteiger partial charge is 0.482 e. The van der Waals surface area contributed by atoms with E-state index in [1.165, 1.54) is 12.1 Å². The van der Waals surface area contributed by atoms with Crippen LogP contribution in [-0.2, 0) is 11.3 Å². The van der Waals surface area contributed by atoms with Crippen molar-refractivity contribution in [3.05, 3.63) is 63.9 Å². The molecule has 2 aromatic carbocycles. The summed E-state index contributed by atoms with van der Waals surface area (Å²) in [6.07, 6.45) is 0. The maximum Gasteiger partial charge on any atom is 0.260 e. The summed E-state index contributed by atoms with van der Waals surface area (Å²) in [6, 6.07) is 11.7. The van der Waals surface area contributed by atoms with Gasteiger partial charge in [0.05, 0.1) is 5.02 Å². The third-order valence-corrected chi connectivity index (χ3v) is 5.51. The minimum Gasteiger partial charge on any atom is -0.482 e. The highest BCUT2D eigenvalue weighted by molar-refractivity contribution is 6.35. The summed E-state index contributed by atoms with van der Waals surface area (Å²) in [5.41, 5.74) is 1.06. The number of halogens is 3. The van der Waals surface area contributed by atoms with E-state index in [2.05, 4.69) is 11.8 Å². The molecule has 1 amide bonds. The predicted molar refractivity (Wildman–Crippen MR) is 109 cm³/mol. The number of carbonyl (C=O) groups is 1. The predicted octanol–water partition coefficient (Wildman–Crippen LogP) is 4.63. The highest BCUT2D eigenvalue weighted by atomic mass is 35.5. The quantitative estimate of drug-likeness (QED) is 0.700. The number of nitrogens with zero attached hydrogens (tertiary/aromatic N) is 2. The van der Waals surface area contributed by atoms with Crippen LogP contribution in [0.25, 0.3) is 0 Å². The molecule has 1 heterocycles. The summed E-state index contributed by atoms with van der Waals surface area (Å²) in [6.45, 7) is 6.12. The van der Waals surface area contributed by atoms with Crippen molar-refractivity contribution in [2.75, 3.05) is 19.7 Å². The molecule has 0 spiro atoms. The van der Waals surface area contributed by atoms with Gasteiger partial charge in [-0.25, -0.2) is 4.39 Å². The van der Waals surface area contributed by atoms with Crippen LogP contribution in [0, 0.1) is 5.82 Å². The fraction of sp³-hybridized carbons (Fsp3) is 0.381. The minimum atomic E-state index is -0.235. The molecule has 1 saturated heterocycles. The van der Waals surface area contributed by atoms with Gasteiger partial charge in [0.25, 0.3) is 5.91 Å². The lowest BCUT2D eigenvalue weighted by Crippen LogP contribution is -2.58. The van der Waals surface area contributed by atoms with Crippen LogP contribution in [-0.4, -0.2) is 47.5 Å². The highest BCUT2D eigenvalue weighted by Gasteiger charge is 2.32. The Kier molecular flexibility index (Phi) is 6.81. The normalized spacial score (nSPS) is 20.2. The molecule has 0 saturated carbocycles. The number of benzene rings is 2. The molecule has 150 valence electrons. The van der Waals surface area contributed by atoms with Gasteiger partial charge in [0.15, 0.2) is 6.61 Å². The average Bonchev–Trinajstić information content (AvgIpc) is 2.65. The molecule has 4 nitrogen and oxygen atoms in total. The van der Waals surface area contributed by atoms with E-state index in [0.717, 1.165) is 18.7 Å². The van der Waals surface area contributed by atoms with Crippen molar-refractivity contribution in [3.8, 4) is 5.75 Å². The molecule has 2 unspecified atom stereocenters. The van der Waals surface area contributed by atoms with Crippen LogP contribution in [0.4, 0.5) is 4.39 Å². The monoisotopic (exact) mass is 424 g/mol. The minimum absolute atomic E-state index is 0.0495. The SMILES string of the molecule is CC1CN(C(=O)COc2ccc(Cl)cc2Cl)C(C)CN1Cc1ccc(F)cc1. The Labute approximate surface area is 174 Å². The molecule has 0 N–H and O–H groups in total. The molecule has 7 heteroatoms. The van der Waals surface area contributed by atoms with Crippen LogP contribution in [0.2, 0.25) is 10.0 Å². The molecule has 1 fully saturated rings. The van der Waals surface area contributed by atoms with Gasteiger partial charge >= 0.3 is 0 Å². The molecule has 3 rings (SSSR count). The summed E-state index contributed by atoms with van der Waals surface area (Å²) < 4.78 is 18.7. The second-order valence-electron chi connectivity index (χ2n) is 7.16. The molecule has 28 heavy (non-hydrogen) atoms. The van der Waals surface area contributed by atoms with Gasteiger partial charge in [0, 0.05) is 36.7 Å². The lowest BCUT2D eigenvalue weighted by molar-refractivity contribution is -0.139. The third kappa shape index (κ3) is 5.16. The second kappa shape index (κ2) is 9.12. The van der Waals surface area contributed by atoms with Crippen molar-refractivity contribution >= 4 is 29.1 Å². The zero-order chi connectivity index (χ0) is 20.3. The summed E-state index contributed by atoms with van der Waals surface area (Å²) in [7, 11) is 0. The van der Waals surface area contributed by atoms with Gasteiger partial charge in [-0.2, -0.15) is 0 Å². The van der Waals surface area contributed by atoms with E-state index in [1.807, 2.05) is 11.8 Å². The van der Waals surface area contributed by atoms with Crippen molar-refractivity contribution in [1.29, 1.82) is 0 Å². The van der Waals surface area contributed by atoms with E-state index >= 15 is 0 Å². The van der Waals surface area contributed by atoms with Crippen molar-refractivity contribution < 1.29 is 13.9 Å². The van der Waals surface area contributed by atoms with Crippen molar-refractivity contribution in [2.45, 2.75) is 32.5 Å². The first-order chi connectivity index (χ1) is 13.3. The van der Waals surface area contributed by atoms with E-state index in [4.69, 9.17) is 27.9 Å². The molecule has 0 aromatic heterocycles. The van der Waals surface area contributed by atoms with Crippen LogP contribution in [0.15, 0.2) is 42.5 Å². The van der Waals surface area contributed by atoms with Crippen molar-refractivity contribution in [2.24, 2.45) is 0 Å². The Bertz CT molecular complexity index is 832. The van der Waals surface area contributed by atoms with E-state index < -0.39 is 0 Å². The zero-order valence-corrected chi connectivity index (χ0v) is 17.4. The number of carbonyl (C=O) groups excluding carboxylic acids is 1. The van der Waals surface area contributed by atoms with Crippen LogP contribution in [0.1, 0.15) is 19.4 Å². The maximum atomic E-state index is 13.1. The van der Waals surface area contributed by atoms with Gasteiger partial charge in [-0.05, 0) is 49.7 Å². The number of hydrogen-bond donors (Lipinski definition) is 0. The zero-order valence-electron chi connectivity index (χ0n) is 15.9. The summed E-state index contributed by atoms with van der Waals surface area (Å²) in [5, 5.41) is 0.897. The topological polar surface area (TPSA) is 32.8 Å². The standard InChI is InChI=1S/C21H23Cl2FN2O2/c1-14-11-26(21(27)13-28-20-8-5-17(22)9-19(20)23)15(2)10-25(14)12-16-3-6-18(24)7-4-16/h3-9,14-15H,10-13H2,1-2H3. The average molecular weight is 425 g/mol. The number of rotatable bonds is 5. The lowest BCUT2D eigenvalue weighted by Gasteiger charge is -2.44. The molecule has 1 aliphatic heterocycles. The molecule has 2 atom stereocenters. The Morgan fingerprint density at radius 2 is 1.82 bits per heavy atom. The van der Waals surface area contributed by atoms with Crippen LogP contribution in [0.5, 0.6) is 5.75 Å². The van der Waals surface area contributed by atoms with Crippen LogP contribution >= 0.6 is 23.2 Å². The second-order valence-corrected chi connectivity index (χ2v) is 8.01. The van der Waals surface area contributed by atoms with Gasteiger partial charge in [-0.1, -0.05) is 35.3 Å².